The molecule has 0 spiro atoms. The molecule has 0 amide bonds. The highest BCUT2D eigenvalue weighted by Crippen LogP contribution is 2.45. The molecule has 0 fully saturated rings. The number of carbonyl (C=O) groups is 2. The number of ether oxygens (including phenoxy) is 2. The van der Waals surface area contributed by atoms with Gasteiger partial charge in [-0.15, -0.1) is 11.3 Å². The number of aliphatic hydroxyl groups excluding tert-OH is 1. The van der Waals surface area contributed by atoms with Crippen LogP contribution in [0.1, 0.15) is 30.2 Å². The zero-order valence-electron chi connectivity index (χ0n) is 21.0. The van der Waals surface area contributed by atoms with Crippen LogP contribution in [-0.4, -0.2) is 59.7 Å². The number of dihydropyridines is 1. The Morgan fingerprint density at radius 3 is 2.32 bits per heavy atom. The summed E-state index contributed by atoms with van der Waals surface area (Å²) < 4.78 is 11.5. The van der Waals surface area contributed by atoms with Crippen LogP contribution in [0.5, 0.6) is 10.8 Å². The largest absolute Gasteiger partial charge is 0.491 e. The fraction of sp³-hybridized carbons (Fsp3) is 0.333. The maximum atomic E-state index is 12.1. The Labute approximate surface area is 219 Å². The van der Waals surface area contributed by atoms with Gasteiger partial charge in [0.25, 0.3) is 0 Å². The Hall–Kier alpha value is -3.60. The van der Waals surface area contributed by atoms with Crippen molar-refractivity contribution >= 4 is 23.3 Å². The van der Waals surface area contributed by atoms with Gasteiger partial charge in [-0.05, 0) is 39.0 Å². The van der Waals surface area contributed by atoms with Crippen molar-refractivity contribution in [1.82, 2.24) is 10.6 Å². The summed E-state index contributed by atoms with van der Waals surface area (Å²) in [5.74, 6) is -2.62. The Balaban J connectivity index is 1.57. The highest BCUT2D eigenvalue weighted by Gasteiger charge is 2.38. The second kappa shape index (κ2) is 13.1. The summed E-state index contributed by atoms with van der Waals surface area (Å²) in [5.41, 5.74) is 1.29. The van der Waals surface area contributed by atoms with Gasteiger partial charge in [0.15, 0.2) is 5.06 Å². The normalized spacial score (nSPS) is 15.1. The van der Waals surface area contributed by atoms with E-state index < -0.39 is 24.0 Å². The number of aliphatic carboxylic acids is 2. The van der Waals surface area contributed by atoms with Crippen molar-refractivity contribution in [3.63, 3.8) is 0 Å². The molecule has 10 heteroatoms. The molecule has 1 aromatic heterocycles. The quantitative estimate of drug-likeness (QED) is 0.196. The lowest BCUT2D eigenvalue weighted by Crippen LogP contribution is -2.31. The minimum Gasteiger partial charge on any atom is -0.491 e. The lowest BCUT2D eigenvalue weighted by atomic mass is 9.81. The third-order valence-electron chi connectivity index (χ3n) is 5.69. The molecular weight excluding hydrogens is 496 g/mol. The lowest BCUT2D eigenvalue weighted by Gasteiger charge is -2.28. The molecule has 1 aromatic carbocycles. The zero-order valence-corrected chi connectivity index (χ0v) is 21.8. The molecular formula is C27H32N2O7S. The predicted octanol–water partition coefficient (Wildman–Crippen LogP) is 3.43. The van der Waals surface area contributed by atoms with Crippen LogP contribution in [0, 0.1) is 6.92 Å². The summed E-state index contributed by atoms with van der Waals surface area (Å²) in [6.45, 7) is 6.37. The van der Waals surface area contributed by atoms with Gasteiger partial charge in [0.1, 0.15) is 25.1 Å². The summed E-state index contributed by atoms with van der Waals surface area (Å²) in [6.07, 6.45) is 3.00. The first kappa shape index (κ1) is 28.0. The average molecular weight is 529 g/mol. The summed E-state index contributed by atoms with van der Waals surface area (Å²) in [6, 6.07) is 11.1. The van der Waals surface area contributed by atoms with Gasteiger partial charge in [-0.1, -0.05) is 30.4 Å². The van der Waals surface area contributed by atoms with Gasteiger partial charge in [-0.3, -0.25) is 0 Å². The SMILES string of the molecule is CC1=C(C(=O)O)C(c2cc(C)sc2OCC=CCNC[C@H](O)COc2ccccc2)C(C(=O)O)=C(C)N1. The van der Waals surface area contributed by atoms with Gasteiger partial charge < -0.3 is 35.4 Å². The molecule has 0 unspecified atom stereocenters. The minimum absolute atomic E-state index is 0.0137. The van der Waals surface area contributed by atoms with Crippen molar-refractivity contribution in [2.24, 2.45) is 0 Å². The predicted molar refractivity (Wildman–Crippen MR) is 141 cm³/mol. The zero-order chi connectivity index (χ0) is 26.9. The smallest absolute Gasteiger partial charge is 0.334 e. The van der Waals surface area contributed by atoms with Crippen molar-refractivity contribution < 1.29 is 34.4 Å². The molecule has 0 radical (unpaired) electrons. The van der Waals surface area contributed by atoms with Crippen molar-refractivity contribution in [2.45, 2.75) is 32.8 Å². The van der Waals surface area contributed by atoms with E-state index in [1.807, 2.05) is 43.3 Å². The fourth-order valence-corrected chi connectivity index (χ4v) is 4.97. The highest BCUT2D eigenvalue weighted by atomic mass is 32.1. The van der Waals surface area contributed by atoms with E-state index in [0.29, 0.717) is 40.9 Å². The monoisotopic (exact) mass is 528 g/mol. The molecule has 1 aliphatic heterocycles. The number of carboxylic acids is 2. The van der Waals surface area contributed by atoms with Crippen LogP contribution in [-0.2, 0) is 9.59 Å². The molecule has 0 aliphatic carbocycles. The van der Waals surface area contributed by atoms with Gasteiger partial charge in [0.2, 0.25) is 0 Å². The first-order valence-corrected chi connectivity index (χ1v) is 12.6. The van der Waals surface area contributed by atoms with Crippen LogP contribution in [0.4, 0.5) is 0 Å². The number of allylic oxidation sites excluding steroid dienone is 2. The highest BCUT2D eigenvalue weighted by molar-refractivity contribution is 7.14. The van der Waals surface area contributed by atoms with E-state index in [0.717, 1.165) is 4.88 Å². The maximum absolute atomic E-state index is 12.1. The van der Waals surface area contributed by atoms with Crippen molar-refractivity contribution in [3.8, 4) is 10.8 Å². The molecule has 2 aromatic rings. The van der Waals surface area contributed by atoms with Gasteiger partial charge in [-0.25, -0.2) is 9.59 Å². The third kappa shape index (κ3) is 7.45. The number of hydrogen-bond donors (Lipinski definition) is 5. The molecule has 9 nitrogen and oxygen atoms in total. The first-order valence-electron chi connectivity index (χ1n) is 11.8. The Bertz CT molecular complexity index is 1160. The number of rotatable bonds is 13. The molecule has 1 atom stereocenters. The Morgan fingerprint density at radius 1 is 1.05 bits per heavy atom. The number of aliphatic hydroxyl groups is 1. The van der Waals surface area contributed by atoms with E-state index in [1.165, 1.54) is 11.3 Å². The van der Waals surface area contributed by atoms with E-state index in [2.05, 4.69) is 10.6 Å². The molecule has 198 valence electrons. The average Bonchev–Trinajstić information content (AvgIpc) is 3.21. The summed E-state index contributed by atoms with van der Waals surface area (Å²) >= 11 is 1.34. The third-order valence-corrected chi connectivity index (χ3v) is 6.66. The van der Waals surface area contributed by atoms with Gasteiger partial charge in [-0.2, -0.15) is 0 Å². The first-order chi connectivity index (χ1) is 17.7. The van der Waals surface area contributed by atoms with E-state index >= 15 is 0 Å². The number of aryl methyl sites for hydroxylation is 1. The Morgan fingerprint density at radius 2 is 1.70 bits per heavy atom. The number of benzene rings is 1. The fourth-order valence-electron chi connectivity index (χ4n) is 4.08. The van der Waals surface area contributed by atoms with Crippen LogP contribution in [0.3, 0.4) is 0 Å². The number of para-hydroxylation sites is 1. The molecule has 0 saturated heterocycles. The second-order valence-electron chi connectivity index (χ2n) is 8.56. The molecule has 3 rings (SSSR count). The Kier molecular flexibility index (Phi) is 9.90. The van der Waals surface area contributed by atoms with Crippen LogP contribution >= 0.6 is 11.3 Å². The molecule has 2 heterocycles. The van der Waals surface area contributed by atoms with Crippen molar-refractivity contribution in [2.75, 3.05) is 26.3 Å². The van der Waals surface area contributed by atoms with E-state index in [1.54, 1.807) is 26.0 Å². The molecule has 1 aliphatic rings. The summed E-state index contributed by atoms with van der Waals surface area (Å²) in [7, 11) is 0. The number of carboxylic acid groups (broad SMARTS) is 2. The summed E-state index contributed by atoms with van der Waals surface area (Å²) in [4.78, 5) is 25.0. The molecule has 0 saturated carbocycles. The van der Waals surface area contributed by atoms with Crippen molar-refractivity contribution in [1.29, 1.82) is 0 Å². The number of thiophene rings is 1. The summed E-state index contributed by atoms with van der Waals surface area (Å²) in [5, 5.41) is 36.2. The van der Waals surface area contributed by atoms with Crippen molar-refractivity contribution in [3.05, 3.63) is 81.5 Å². The standard InChI is InChI=1S/C27H32N2O7S/c1-16-13-21(24-22(25(31)32)17(2)29-18(3)23(24)26(33)34)27(37-16)35-12-8-7-11-28-14-19(30)15-36-20-9-5-4-6-10-20/h4-10,13,19,24,28-30H,11-12,14-15H2,1-3H3,(H,31,32)(H,33,34)/t19-/m0/s1. The van der Waals surface area contributed by atoms with Gasteiger partial charge in [0.05, 0.1) is 17.1 Å². The molecule has 5 N–H and O–H groups in total. The van der Waals surface area contributed by atoms with Crippen LogP contribution < -0.4 is 20.1 Å². The number of nitrogens with one attached hydrogen (secondary N) is 2. The number of hydrogen-bond acceptors (Lipinski definition) is 8. The molecule has 37 heavy (non-hydrogen) atoms. The van der Waals surface area contributed by atoms with E-state index in [-0.39, 0.29) is 24.4 Å². The topological polar surface area (TPSA) is 137 Å². The lowest BCUT2D eigenvalue weighted by molar-refractivity contribution is -0.133. The van der Waals surface area contributed by atoms with Gasteiger partial charge >= 0.3 is 11.9 Å². The van der Waals surface area contributed by atoms with E-state index in [4.69, 9.17) is 9.47 Å². The van der Waals surface area contributed by atoms with Gasteiger partial charge in [0, 0.05) is 34.9 Å². The minimum atomic E-state index is -1.18. The van der Waals surface area contributed by atoms with Crippen LogP contribution in [0.15, 0.2) is 71.1 Å². The molecule has 0 bridgehead atoms. The maximum Gasteiger partial charge on any atom is 0.334 e. The second-order valence-corrected chi connectivity index (χ2v) is 9.78. The van der Waals surface area contributed by atoms with E-state index in [9.17, 15) is 24.9 Å². The van der Waals surface area contributed by atoms with Crippen LogP contribution in [0.2, 0.25) is 0 Å². The van der Waals surface area contributed by atoms with Crippen LogP contribution in [0.25, 0.3) is 0 Å².